The highest BCUT2D eigenvalue weighted by atomic mass is 16.2. The zero-order valence-electron chi connectivity index (χ0n) is 22.5. The summed E-state index contributed by atoms with van der Waals surface area (Å²) in [6, 6.07) is -2.39. The largest absolute Gasteiger partial charge is 0.356 e. The van der Waals surface area contributed by atoms with Crippen LogP contribution in [-0.4, -0.2) is 65.5 Å². The second kappa shape index (κ2) is 10.3. The molecule has 1 unspecified atom stereocenters. The summed E-state index contributed by atoms with van der Waals surface area (Å²) in [5, 5.41) is 8.55. The summed E-state index contributed by atoms with van der Waals surface area (Å²) in [6.45, 7) is 15.8. The minimum absolute atomic E-state index is 0.0181. The van der Waals surface area contributed by atoms with Gasteiger partial charge in [0, 0.05) is 24.4 Å². The average Bonchev–Trinajstić information content (AvgIpc) is 3.50. The van der Waals surface area contributed by atoms with E-state index in [9.17, 15) is 24.0 Å². The summed E-state index contributed by atoms with van der Waals surface area (Å²) in [5.74, 6) is -1.65. The standard InChI is InChI=1S/C27H42N4O5/c1-8-19(32)18(13-17-11-12-28-22(17)33)29-23(34)21-27(6,7)15(2)14-31(21)24(35)20(16-9-10-16)30-25(36)26(3,4)5/h8,15-18,20-21H,1,9-14H2,2-7H3,(H,28,33)(H,29,34)(H,30,36)/t15-,17+,18+,20?,21-/m1/s1. The summed E-state index contributed by atoms with van der Waals surface area (Å²) < 4.78 is 0. The Hall–Kier alpha value is -2.71. The molecule has 0 aromatic heterocycles. The minimum atomic E-state index is -0.896. The second-order valence-corrected chi connectivity index (χ2v) is 12.3. The van der Waals surface area contributed by atoms with Crippen molar-refractivity contribution in [2.24, 2.45) is 28.6 Å². The van der Waals surface area contributed by atoms with Crippen LogP contribution in [0, 0.1) is 28.6 Å². The van der Waals surface area contributed by atoms with Crippen LogP contribution in [0.2, 0.25) is 0 Å². The van der Waals surface area contributed by atoms with E-state index in [-0.39, 0.29) is 47.7 Å². The van der Waals surface area contributed by atoms with E-state index < -0.39 is 34.9 Å². The molecule has 2 saturated heterocycles. The summed E-state index contributed by atoms with van der Waals surface area (Å²) in [5.41, 5.74) is -1.21. The van der Waals surface area contributed by atoms with Crippen LogP contribution >= 0.6 is 0 Å². The molecule has 3 rings (SSSR count). The SMILES string of the molecule is C=CC(=O)[C@H](C[C@@H]1CCNC1=O)NC(=O)[C@H]1N(C(=O)C(NC(=O)C(C)(C)C)C2CC2)C[C@@H](C)C1(C)C. The number of amides is 4. The first kappa shape index (κ1) is 27.9. The van der Waals surface area contributed by atoms with E-state index in [4.69, 9.17) is 0 Å². The van der Waals surface area contributed by atoms with E-state index in [2.05, 4.69) is 22.5 Å². The highest BCUT2D eigenvalue weighted by Crippen LogP contribution is 2.43. The quantitative estimate of drug-likeness (QED) is 0.413. The van der Waals surface area contributed by atoms with Gasteiger partial charge in [0.05, 0.1) is 6.04 Å². The zero-order valence-corrected chi connectivity index (χ0v) is 22.5. The van der Waals surface area contributed by atoms with Crippen LogP contribution in [0.5, 0.6) is 0 Å². The van der Waals surface area contributed by atoms with Crippen LogP contribution in [0.1, 0.15) is 67.2 Å². The molecule has 0 aromatic carbocycles. The average molecular weight is 503 g/mol. The molecular formula is C27H42N4O5. The van der Waals surface area contributed by atoms with Gasteiger partial charge in [-0.2, -0.15) is 0 Å². The molecule has 2 aliphatic heterocycles. The number of likely N-dealkylation sites (tertiary alicyclic amines) is 1. The predicted octanol–water partition coefficient (Wildman–Crippen LogP) is 1.57. The van der Waals surface area contributed by atoms with Gasteiger partial charge < -0.3 is 20.9 Å². The number of carbonyl (C=O) groups excluding carboxylic acids is 5. The van der Waals surface area contributed by atoms with Crippen molar-refractivity contribution >= 4 is 29.4 Å². The predicted molar refractivity (Wildman–Crippen MR) is 135 cm³/mol. The first-order valence-electron chi connectivity index (χ1n) is 13.0. The Morgan fingerprint density at radius 1 is 1.17 bits per heavy atom. The topological polar surface area (TPSA) is 125 Å². The van der Waals surface area contributed by atoms with Crippen LogP contribution < -0.4 is 16.0 Å². The smallest absolute Gasteiger partial charge is 0.246 e. The van der Waals surface area contributed by atoms with Gasteiger partial charge in [0.1, 0.15) is 12.1 Å². The first-order chi connectivity index (χ1) is 16.7. The van der Waals surface area contributed by atoms with Crippen molar-refractivity contribution in [2.75, 3.05) is 13.1 Å². The molecule has 0 aromatic rings. The molecule has 0 spiro atoms. The van der Waals surface area contributed by atoms with Crippen LogP contribution in [-0.2, 0) is 24.0 Å². The molecule has 4 amide bonds. The van der Waals surface area contributed by atoms with Crippen molar-refractivity contribution in [3.05, 3.63) is 12.7 Å². The van der Waals surface area contributed by atoms with Gasteiger partial charge in [-0.25, -0.2) is 0 Å². The van der Waals surface area contributed by atoms with Gasteiger partial charge in [-0.1, -0.05) is 48.1 Å². The molecule has 0 radical (unpaired) electrons. The Kier molecular flexibility index (Phi) is 8.01. The molecule has 2 heterocycles. The summed E-state index contributed by atoms with van der Waals surface area (Å²) in [7, 11) is 0. The van der Waals surface area contributed by atoms with E-state index in [0.717, 1.165) is 18.9 Å². The Balaban J connectivity index is 1.83. The van der Waals surface area contributed by atoms with Gasteiger partial charge in [-0.05, 0) is 49.0 Å². The molecule has 3 aliphatic rings. The van der Waals surface area contributed by atoms with Gasteiger partial charge in [0.25, 0.3) is 0 Å². The number of carbonyl (C=O) groups is 5. The third kappa shape index (κ3) is 5.81. The van der Waals surface area contributed by atoms with Crippen LogP contribution in [0.4, 0.5) is 0 Å². The molecule has 3 N–H and O–H groups in total. The lowest BCUT2D eigenvalue weighted by atomic mass is 9.77. The fourth-order valence-corrected chi connectivity index (χ4v) is 5.14. The third-order valence-corrected chi connectivity index (χ3v) is 8.16. The monoisotopic (exact) mass is 502 g/mol. The third-order valence-electron chi connectivity index (χ3n) is 8.16. The summed E-state index contributed by atoms with van der Waals surface area (Å²) in [6.07, 6.45) is 3.65. The molecule has 1 aliphatic carbocycles. The zero-order chi connectivity index (χ0) is 27.0. The van der Waals surface area contributed by atoms with Gasteiger partial charge in [-0.3, -0.25) is 24.0 Å². The van der Waals surface area contributed by atoms with Crippen molar-refractivity contribution in [1.82, 2.24) is 20.9 Å². The molecule has 9 nitrogen and oxygen atoms in total. The van der Waals surface area contributed by atoms with Gasteiger partial charge in [0.2, 0.25) is 23.6 Å². The molecule has 200 valence electrons. The van der Waals surface area contributed by atoms with Gasteiger partial charge >= 0.3 is 0 Å². The Bertz CT molecular complexity index is 933. The van der Waals surface area contributed by atoms with E-state index in [1.807, 2.05) is 20.8 Å². The van der Waals surface area contributed by atoms with E-state index in [0.29, 0.717) is 19.5 Å². The number of nitrogens with zero attached hydrogens (tertiary/aromatic N) is 1. The molecule has 36 heavy (non-hydrogen) atoms. The molecule has 5 atom stereocenters. The minimum Gasteiger partial charge on any atom is -0.356 e. The second-order valence-electron chi connectivity index (χ2n) is 12.3. The van der Waals surface area contributed by atoms with Crippen molar-refractivity contribution in [3.63, 3.8) is 0 Å². The Morgan fingerprint density at radius 3 is 2.31 bits per heavy atom. The Morgan fingerprint density at radius 2 is 1.81 bits per heavy atom. The number of rotatable bonds is 9. The van der Waals surface area contributed by atoms with E-state index in [1.54, 1.807) is 25.7 Å². The Labute approximate surface area is 214 Å². The van der Waals surface area contributed by atoms with Crippen molar-refractivity contribution in [3.8, 4) is 0 Å². The number of ketones is 1. The highest BCUT2D eigenvalue weighted by Gasteiger charge is 2.54. The van der Waals surface area contributed by atoms with Crippen LogP contribution in [0.3, 0.4) is 0 Å². The molecule has 3 fully saturated rings. The van der Waals surface area contributed by atoms with Crippen molar-refractivity contribution in [1.29, 1.82) is 0 Å². The first-order valence-corrected chi connectivity index (χ1v) is 13.0. The van der Waals surface area contributed by atoms with Crippen molar-refractivity contribution in [2.45, 2.75) is 85.4 Å². The highest BCUT2D eigenvalue weighted by molar-refractivity contribution is 5.99. The van der Waals surface area contributed by atoms with Crippen LogP contribution in [0.15, 0.2) is 12.7 Å². The molecule has 0 bridgehead atoms. The van der Waals surface area contributed by atoms with Gasteiger partial charge in [-0.15, -0.1) is 0 Å². The number of nitrogens with one attached hydrogen (secondary N) is 3. The maximum Gasteiger partial charge on any atom is 0.246 e. The number of hydrogen-bond donors (Lipinski definition) is 3. The van der Waals surface area contributed by atoms with Gasteiger partial charge in [0.15, 0.2) is 5.78 Å². The maximum absolute atomic E-state index is 13.8. The molecule has 9 heteroatoms. The van der Waals surface area contributed by atoms with Crippen molar-refractivity contribution < 1.29 is 24.0 Å². The fraction of sp³-hybridized carbons (Fsp3) is 0.741. The number of hydrogen-bond acceptors (Lipinski definition) is 5. The normalized spacial score (nSPS) is 27.1. The lowest BCUT2D eigenvalue weighted by Crippen LogP contribution is -2.59. The molecule has 1 saturated carbocycles. The van der Waals surface area contributed by atoms with Crippen LogP contribution in [0.25, 0.3) is 0 Å². The summed E-state index contributed by atoms with van der Waals surface area (Å²) in [4.78, 5) is 66.6. The lowest BCUT2D eigenvalue weighted by molar-refractivity contribution is -0.145. The molecular weight excluding hydrogens is 460 g/mol. The maximum atomic E-state index is 13.8. The lowest BCUT2D eigenvalue weighted by Gasteiger charge is -2.35. The fourth-order valence-electron chi connectivity index (χ4n) is 5.14. The van der Waals surface area contributed by atoms with E-state index >= 15 is 0 Å². The van der Waals surface area contributed by atoms with E-state index in [1.165, 1.54) is 0 Å². The summed E-state index contributed by atoms with van der Waals surface area (Å²) >= 11 is 0.